The molecule has 0 fully saturated rings. The number of amides is 1. The summed E-state index contributed by atoms with van der Waals surface area (Å²) in [7, 11) is 4.73. The van der Waals surface area contributed by atoms with E-state index in [2.05, 4.69) is 10.3 Å². The summed E-state index contributed by atoms with van der Waals surface area (Å²) in [5.41, 5.74) is 2.01. The molecule has 2 aromatic heterocycles. The molecular weight excluding hydrogens is 488 g/mol. The van der Waals surface area contributed by atoms with Crippen LogP contribution in [0.4, 0.5) is 16.4 Å². The summed E-state index contributed by atoms with van der Waals surface area (Å²) in [6.07, 6.45) is 3.82. The minimum absolute atomic E-state index is 0.106. The van der Waals surface area contributed by atoms with Crippen LogP contribution in [0.1, 0.15) is 57.6 Å². The Morgan fingerprint density at radius 1 is 1.05 bits per heavy atom. The van der Waals surface area contributed by atoms with E-state index < -0.39 is 5.60 Å². The molecule has 1 aromatic carbocycles. The number of nitrogens with one attached hydrogen (secondary N) is 1. The minimum Gasteiger partial charge on any atom is -0.493 e. The molecule has 11 nitrogen and oxygen atoms in total. The zero-order valence-corrected chi connectivity index (χ0v) is 23.3. The Kier molecular flexibility index (Phi) is 7.66. The highest BCUT2D eigenvalue weighted by Gasteiger charge is 2.29. The van der Waals surface area contributed by atoms with Gasteiger partial charge in [0, 0.05) is 30.2 Å². The number of nitrogens with zero attached hydrogens (tertiary/aromatic N) is 5. The number of carbonyl (C=O) groups is 1. The maximum Gasteiger partial charge on any atom is 0.410 e. The van der Waals surface area contributed by atoms with E-state index in [9.17, 15) is 4.79 Å². The van der Waals surface area contributed by atoms with Crippen molar-refractivity contribution in [2.75, 3.05) is 33.2 Å². The van der Waals surface area contributed by atoms with Gasteiger partial charge in [0.1, 0.15) is 29.4 Å². The van der Waals surface area contributed by atoms with Gasteiger partial charge in [-0.15, -0.1) is 0 Å². The van der Waals surface area contributed by atoms with Gasteiger partial charge in [0.15, 0.2) is 11.5 Å². The molecule has 0 spiro atoms. The number of carbonyl (C=O) groups excluding carboxylic acids is 1. The number of hydrogen-bond acceptors (Lipinski definition) is 9. The van der Waals surface area contributed by atoms with Crippen LogP contribution in [0, 0.1) is 0 Å². The van der Waals surface area contributed by atoms with E-state index in [1.165, 1.54) is 0 Å². The Labute approximate surface area is 223 Å². The summed E-state index contributed by atoms with van der Waals surface area (Å²) in [5.74, 6) is 3.72. The molecule has 0 bridgehead atoms. The third-order valence-corrected chi connectivity index (χ3v) is 6.03. The van der Waals surface area contributed by atoms with Crippen LogP contribution < -0.4 is 19.5 Å². The number of ether oxygens (including phenoxy) is 4. The van der Waals surface area contributed by atoms with Crippen LogP contribution in [0.25, 0.3) is 5.69 Å². The summed E-state index contributed by atoms with van der Waals surface area (Å²) in [6.45, 7) is 10.5. The second-order valence-electron chi connectivity index (χ2n) is 10.3. The third kappa shape index (κ3) is 5.76. The first-order chi connectivity index (χ1) is 18.0. The normalized spacial score (nSPS) is 13.2. The fraction of sp³-hybridized carbons (Fsp3) is 0.481. The van der Waals surface area contributed by atoms with Crippen LogP contribution in [0.2, 0.25) is 0 Å². The van der Waals surface area contributed by atoms with Crippen molar-refractivity contribution in [1.29, 1.82) is 0 Å². The fourth-order valence-electron chi connectivity index (χ4n) is 4.16. The first-order valence-electron chi connectivity index (χ1n) is 12.5. The largest absolute Gasteiger partial charge is 0.493 e. The molecule has 204 valence electrons. The highest BCUT2D eigenvalue weighted by molar-refractivity contribution is 5.69. The lowest BCUT2D eigenvalue weighted by atomic mass is 10.0. The molecule has 38 heavy (non-hydrogen) atoms. The van der Waals surface area contributed by atoms with Gasteiger partial charge in [-0.05, 0) is 27.2 Å². The molecule has 4 rings (SSSR count). The van der Waals surface area contributed by atoms with Crippen molar-refractivity contribution in [3.05, 3.63) is 41.7 Å². The van der Waals surface area contributed by atoms with E-state index in [0.717, 1.165) is 16.9 Å². The van der Waals surface area contributed by atoms with Gasteiger partial charge >= 0.3 is 6.09 Å². The monoisotopic (exact) mass is 524 g/mol. The van der Waals surface area contributed by atoms with Gasteiger partial charge < -0.3 is 33.7 Å². The van der Waals surface area contributed by atoms with Crippen molar-refractivity contribution in [2.45, 2.75) is 59.1 Å². The number of hydrogen-bond donors (Lipinski definition) is 1. The molecule has 0 atom stereocenters. The van der Waals surface area contributed by atoms with E-state index in [1.807, 2.05) is 57.5 Å². The predicted molar refractivity (Wildman–Crippen MR) is 143 cm³/mol. The fourth-order valence-corrected chi connectivity index (χ4v) is 4.16. The van der Waals surface area contributed by atoms with E-state index in [0.29, 0.717) is 54.2 Å². The smallest absolute Gasteiger partial charge is 0.410 e. The molecular formula is C27H36N6O5. The molecule has 11 heteroatoms. The maximum absolute atomic E-state index is 12.7. The third-order valence-electron chi connectivity index (χ3n) is 6.03. The number of imidazole rings is 1. The molecule has 0 saturated heterocycles. The van der Waals surface area contributed by atoms with Gasteiger partial charge in [-0.1, -0.05) is 13.8 Å². The number of aromatic nitrogens is 4. The van der Waals surface area contributed by atoms with E-state index >= 15 is 0 Å². The Bertz CT molecular complexity index is 1290. The highest BCUT2D eigenvalue weighted by Crippen LogP contribution is 2.39. The van der Waals surface area contributed by atoms with E-state index in [1.54, 1.807) is 32.6 Å². The van der Waals surface area contributed by atoms with Crippen molar-refractivity contribution in [3.8, 4) is 22.9 Å². The van der Waals surface area contributed by atoms with Crippen LogP contribution in [-0.4, -0.2) is 64.0 Å². The number of anilines is 2. The standard InChI is InChI=1S/C27H36N6O5/c1-16(2)24-29-19-13-32(26(34)38-27(3,4)5)10-9-18(19)25(31-24)30-22-14-33(15-28-22)17-11-20(35-6)23(37-8)21(12-17)36-7/h11-12,14-16H,9-10,13H2,1-8H3,(H,29,30,31). The molecule has 0 unspecified atom stereocenters. The Morgan fingerprint density at radius 2 is 1.74 bits per heavy atom. The van der Waals surface area contributed by atoms with Gasteiger partial charge in [0.25, 0.3) is 0 Å². The SMILES string of the molecule is COc1cc(-n2cnc(Nc3nc(C(C)C)nc4c3CCN(C(=O)OC(C)(C)C)C4)c2)cc(OC)c1OC. The second kappa shape index (κ2) is 10.8. The average molecular weight is 525 g/mol. The Balaban J connectivity index is 1.63. The first-order valence-corrected chi connectivity index (χ1v) is 12.5. The molecule has 0 radical (unpaired) electrons. The molecule has 0 saturated carbocycles. The minimum atomic E-state index is -0.560. The number of rotatable bonds is 7. The van der Waals surface area contributed by atoms with Gasteiger partial charge in [-0.3, -0.25) is 0 Å². The lowest BCUT2D eigenvalue weighted by molar-refractivity contribution is 0.0220. The lowest BCUT2D eigenvalue weighted by Gasteiger charge is -2.31. The lowest BCUT2D eigenvalue weighted by Crippen LogP contribution is -2.40. The quantitative estimate of drug-likeness (QED) is 0.463. The maximum atomic E-state index is 12.7. The highest BCUT2D eigenvalue weighted by atomic mass is 16.6. The molecule has 1 aliphatic rings. The van der Waals surface area contributed by atoms with E-state index in [4.69, 9.17) is 28.9 Å². The van der Waals surface area contributed by atoms with Crippen LogP contribution >= 0.6 is 0 Å². The molecule has 1 amide bonds. The summed E-state index contributed by atoms with van der Waals surface area (Å²) in [6, 6.07) is 3.70. The van der Waals surface area contributed by atoms with Crippen molar-refractivity contribution in [2.24, 2.45) is 0 Å². The summed E-state index contributed by atoms with van der Waals surface area (Å²) in [4.78, 5) is 28.5. The Hall–Kier alpha value is -4.02. The zero-order chi connectivity index (χ0) is 27.6. The van der Waals surface area contributed by atoms with Crippen molar-refractivity contribution in [3.63, 3.8) is 0 Å². The molecule has 3 heterocycles. The van der Waals surface area contributed by atoms with Crippen molar-refractivity contribution < 1.29 is 23.7 Å². The zero-order valence-electron chi connectivity index (χ0n) is 23.3. The molecule has 1 aliphatic heterocycles. The molecule has 3 aromatic rings. The van der Waals surface area contributed by atoms with Crippen LogP contribution in [0.15, 0.2) is 24.7 Å². The molecule has 0 aliphatic carbocycles. The number of methoxy groups -OCH3 is 3. The van der Waals surface area contributed by atoms with Crippen molar-refractivity contribution in [1.82, 2.24) is 24.4 Å². The summed E-state index contributed by atoms with van der Waals surface area (Å²) in [5, 5.41) is 3.37. The van der Waals surface area contributed by atoms with Crippen LogP contribution in [0.3, 0.4) is 0 Å². The Morgan fingerprint density at radius 3 is 2.32 bits per heavy atom. The first kappa shape index (κ1) is 27.0. The number of benzene rings is 1. The molecule has 1 N–H and O–H groups in total. The predicted octanol–water partition coefficient (Wildman–Crippen LogP) is 4.85. The topological polar surface area (TPSA) is 113 Å². The van der Waals surface area contributed by atoms with Gasteiger partial charge in [0.2, 0.25) is 5.75 Å². The van der Waals surface area contributed by atoms with Gasteiger partial charge in [0.05, 0.1) is 45.5 Å². The van der Waals surface area contributed by atoms with Crippen LogP contribution in [0.5, 0.6) is 17.2 Å². The van der Waals surface area contributed by atoms with Crippen LogP contribution in [-0.2, 0) is 17.7 Å². The van der Waals surface area contributed by atoms with Gasteiger partial charge in [-0.25, -0.2) is 19.7 Å². The number of fused-ring (bicyclic) bond motifs is 1. The average Bonchev–Trinajstić information content (AvgIpc) is 3.34. The van der Waals surface area contributed by atoms with E-state index in [-0.39, 0.29) is 12.0 Å². The van der Waals surface area contributed by atoms with Crippen molar-refractivity contribution >= 4 is 17.7 Å². The summed E-state index contributed by atoms with van der Waals surface area (Å²) >= 11 is 0. The second-order valence-corrected chi connectivity index (χ2v) is 10.3. The van der Waals surface area contributed by atoms with Gasteiger partial charge in [-0.2, -0.15) is 0 Å². The summed E-state index contributed by atoms with van der Waals surface area (Å²) < 4.78 is 23.8.